The monoisotopic (exact) mass is 173 g/mol. The van der Waals surface area contributed by atoms with Crippen molar-refractivity contribution in [2.75, 3.05) is 19.8 Å². The smallest absolute Gasteiger partial charge is 0.0478 e. The summed E-state index contributed by atoms with van der Waals surface area (Å²) in [5.74, 6) is 0. The third-order valence-electron chi connectivity index (χ3n) is 1.47. The van der Waals surface area contributed by atoms with E-state index in [4.69, 9.17) is 4.74 Å². The van der Waals surface area contributed by atoms with Gasteiger partial charge in [-0.2, -0.15) is 0 Å². The molecular formula is C10H23NO. The summed E-state index contributed by atoms with van der Waals surface area (Å²) in [5, 5.41) is 3.42. The molecular weight excluding hydrogens is 150 g/mol. The average molecular weight is 173 g/mol. The van der Waals surface area contributed by atoms with Crippen molar-refractivity contribution in [3.63, 3.8) is 0 Å². The van der Waals surface area contributed by atoms with E-state index in [1.807, 2.05) is 0 Å². The van der Waals surface area contributed by atoms with Crippen LogP contribution in [-0.2, 0) is 4.74 Å². The van der Waals surface area contributed by atoms with Gasteiger partial charge in [0.25, 0.3) is 0 Å². The van der Waals surface area contributed by atoms with Crippen molar-refractivity contribution in [3.8, 4) is 0 Å². The predicted octanol–water partition coefficient (Wildman–Crippen LogP) is 2.19. The SMILES string of the molecule is CCCOCCCNC(C)(C)C. The van der Waals surface area contributed by atoms with Crippen molar-refractivity contribution >= 4 is 0 Å². The summed E-state index contributed by atoms with van der Waals surface area (Å²) in [5.41, 5.74) is 0.241. The highest BCUT2D eigenvalue weighted by atomic mass is 16.5. The van der Waals surface area contributed by atoms with Crippen molar-refractivity contribution in [1.82, 2.24) is 5.32 Å². The molecule has 0 bridgehead atoms. The van der Waals surface area contributed by atoms with E-state index in [9.17, 15) is 0 Å². The van der Waals surface area contributed by atoms with Crippen molar-refractivity contribution in [1.29, 1.82) is 0 Å². The van der Waals surface area contributed by atoms with Gasteiger partial charge in [-0.05, 0) is 40.2 Å². The van der Waals surface area contributed by atoms with Crippen LogP contribution in [0.15, 0.2) is 0 Å². The lowest BCUT2D eigenvalue weighted by Gasteiger charge is -2.20. The second-order valence-electron chi connectivity index (χ2n) is 4.14. The van der Waals surface area contributed by atoms with Gasteiger partial charge in [0.05, 0.1) is 0 Å². The van der Waals surface area contributed by atoms with Crippen LogP contribution in [0.25, 0.3) is 0 Å². The maximum Gasteiger partial charge on any atom is 0.0478 e. The zero-order valence-corrected chi connectivity index (χ0v) is 8.94. The molecule has 0 fully saturated rings. The molecule has 0 saturated carbocycles. The van der Waals surface area contributed by atoms with E-state index in [1.54, 1.807) is 0 Å². The van der Waals surface area contributed by atoms with Crippen molar-refractivity contribution in [2.24, 2.45) is 0 Å². The van der Waals surface area contributed by atoms with E-state index >= 15 is 0 Å². The Morgan fingerprint density at radius 2 is 1.83 bits per heavy atom. The molecule has 2 nitrogen and oxygen atoms in total. The summed E-state index contributed by atoms with van der Waals surface area (Å²) >= 11 is 0. The van der Waals surface area contributed by atoms with Crippen LogP contribution in [0.2, 0.25) is 0 Å². The number of hydrogen-bond donors (Lipinski definition) is 1. The van der Waals surface area contributed by atoms with Crippen LogP contribution < -0.4 is 5.32 Å². The summed E-state index contributed by atoms with van der Waals surface area (Å²) in [6.07, 6.45) is 2.23. The Kier molecular flexibility index (Phi) is 6.39. The van der Waals surface area contributed by atoms with Crippen molar-refractivity contribution < 1.29 is 4.74 Å². The summed E-state index contributed by atoms with van der Waals surface area (Å²) in [4.78, 5) is 0. The van der Waals surface area contributed by atoms with Gasteiger partial charge in [0.1, 0.15) is 0 Å². The molecule has 1 N–H and O–H groups in total. The second-order valence-corrected chi connectivity index (χ2v) is 4.14. The number of nitrogens with one attached hydrogen (secondary N) is 1. The number of rotatable bonds is 6. The van der Waals surface area contributed by atoms with Gasteiger partial charge in [-0.1, -0.05) is 6.92 Å². The maximum atomic E-state index is 5.36. The molecule has 0 aromatic carbocycles. The molecule has 12 heavy (non-hydrogen) atoms. The highest BCUT2D eigenvalue weighted by molar-refractivity contribution is 4.69. The number of ether oxygens (including phenoxy) is 1. The summed E-state index contributed by atoms with van der Waals surface area (Å²) in [6.45, 7) is 11.5. The molecule has 0 heterocycles. The fraction of sp³-hybridized carbons (Fsp3) is 1.00. The molecule has 74 valence electrons. The van der Waals surface area contributed by atoms with Gasteiger partial charge in [0.2, 0.25) is 0 Å². The van der Waals surface area contributed by atoms with Crippen LogP contribution in [0, 0.1) is 0 Å². The lowest BCUT2D eigenvalue weighted by atomic mass is 10.1. The summed E-state index contributed by atoms with van der Waals surface area (Å²) < 4.78 is 5.36. The van der Waals surface area contributed by atoms with Crippen LogP contribution in [0.4, 0.5) is 0 Å². The largest absolute Gasteiger partial charge is 0.381 e. The minimum absolute atomic E-state index is 0.241. The third kappa shape index (κ3) is 9.92. The molecule has 0 aromatic heterocycles. The van der Waals surface area contributed by atoms with Gasteiger partial charge in [-0.3, -0.25) is 0 Å². The quantitative estimate of drug-likeness (QED) is 0.622. The fourth-order valence-corrected chi connectivity index (χ4v) is 0.884. The van der Waals surface area contributed by atoms with Crippen LogP contribution in [0.1, 0.15) is 40.5 Å². The van der Waals surface area contributed by atoms with Gasteiger partial charge in [-0.25, -0.2) is 0 Å². The van der Waals surface area contributed by atoms with Crippen LogP contribution in [0.3, 0.4) is 0 Å². The Labute approximate surface area is 76.7 Å². The molecule has 0 spiro atoms. The van der Waals surface area contributed by atoms with Gasteiger partial charge >= 0.3 is 0 Å². The van der Waals surface area contributed by atoms with Crippen molar-refractivity contribution in [2.45, 2.75) is 46.1 Å². The maximum absolute atomic E-state index is 5.36. The lowest BCUT2D eigenvalue weighted by molar-refractivity contribution is 0.131. The highest BCUT2D eigenvalue weighted by Gasteiger charge is 2.06. The van der Waals surface area contributed by atoms with E-state index in [0.29, 0.717) is 0 Å². The molecule has 0 aliphatic carbocycles. The van der Waals surface area contributed by atoms with E-state index < -0.39 is 0 Å². The number of hydrogen-bond acceptors (Lipinski definition) is 2. The summed E-state index contributed by atoms with van der Waals surface area (Å²) in [7, 11) is 0. The molecule has 0 unspecified atom stereocenters. The Morgan fingerprint density at radius 1 is 1.17 bits per heavy atom. The first-order valence-electron chi connectivity index (χ1n) is 4.89. The molecule has 0 rings (SSSR count). The van der Waals surface area contributed by atoms with Gasteiger partial charge in [-0.15, -0.1) is 0 Å². The molecule has 0 atom stereocenters. The Hall–Kier alpha value is -0.0800. The molecule has 0 aliphatic rings. The van der Waals surface area contributed by atoms with Crippen LogP contribution in [-0.4, -0.2) is 25.3 Å². The zero-order chi connectivity index (χ0) is 9.45. The fourth-order valence-electron chi connectivity index (χ4n) is 0.884. The Balaban J connectivity index is 3.01. The third-order valence-corrected chi connectivity index (χ3v) is 1.47. The van der Waals surface area contributed by atoms with Gasteiger partial charge < -0.3 is 10.1 Å². The topological polar surface area (TPSA) is 21.3 Å². The minimum atomic E-state index is 0.241. The molecule has 0 aromatic rings. The first kappa shape index (κ1) is 11.9. The first-order valence-corrected chi connectivity index (χ1v) is 4.89. The first-order chi connectivity index (χ1) is 5.56. The Bertz CT molecular complexity index is 96.5. The minimum Gasteiger partial charge on any atom is -0.381 e. The van der Waals surface area contributed by atoms with Gasteiger partial charge in [0.15, 0.2) is 0 Å². The average Bonchev–Trinajstić information content (AvgIpc) is 1.94. The zero-order valence-electron chi connectivity index (χ0n) is 8.94. The van der Waals surface area contributed by atoms with Crippen LogP contribution in [0.5, 0.6) is 0 Å². The standard InChI is InChI=1S/C10H23NO/c1-5-8-12-9-6-7-11-10(2,3)4/h11H,5-9H2,1-4H3. The van der Waals surface area contributed by atoms with Crippen LogP contribution >= 0.6 is 0 Å². The normalized spacial score (nSPS) is 12.0. The van der Waals surface area contributed by atoms with E-state index in [1.165, 1.54) is 0 Å². The summed E-state index contributed by atoms with van der Waals surface area (Å²) in [6, 6.07) is 0. The second kappa shape index (κ2) is 6.44. The lowest BCUT2D eigenvalue weighted by Crippen LogP contribution is -2.36. The van der Waals surface area contributed by atoms with E-state index in [-0.39, 0.29) is 5.54 Å². The molecule has 0 saturated heterocycles. The predicted molar refractivity (Wildman–Crippen MR) is 53.5 cm³/mol. The molecule has 2 heteroatoms. The highest BCUT2D eigenvalue weighted by Crippen LogP contribution is 1.97. The van der Waals surface area contributed by atoms with Crippen molar-refractivity contribution in [3.05, 3.63) is 0 Å². The van der Waals surface area contributed by atoms with E-state index in [0.717, 1.165) is 32.6 Å². The van der Waals surface area contributed by atoms with Gasteiger partial charge in [0, 0.05) is 18.8 Å². The molecule has 0 radical (unpaired) electrons. The van der Waals surface area contributed by atoms with E-state index in [2.05, 4.69) is 33.0 Å². The molecule has 0 amide bonds. The molecule has 0 aliphatic heterocycles. The Morgan fingerprint density at radius 3 is 2.33 bits per heavy atom.